The van der Waals surface area contributed by atoms with Gasteiger partial charge in [0.1, 0.15) is 0 Å². The minimum absolute atomic E-state index is 0.583. The lowest BCUT2D eigenvalue weighted by atomic mass is 9.99. The van der Waals surface area contributed by atoms with Crippen molar-refractivity contribution < 1.29 is 33.5 Å². The maximum atomic E-state index is 8.49. The summed E-state index contributed by atoms with van der Waals surface area (Å²) in [5.41, 5.74) is 6.03. The van der Waals surface area contributed by atoms with Gasteiger partial charge < -0.3 is 0 Å². The fourth-order valence-corrected chi connectivity index (χ4v) is 5.12. The average molecular weight is 565 g/mol. The van der Waals surface area contributed by atoms with Gasteiger partial charge in [0.05, 0.1) is 11.8 Å². The summed E-state index contributed by atoms with van der Waals surface area (Å²) in [6, 6.07) is 21.2. The van der Waals surface area contributed by atoms with Gasteiger partial charge in [0, 0.05) is 22.0 Å². The molecule has 36 heavy (non-hydrogen) atoms. The summed E-state index contributed by atoms with van der Waals surface area (Å²) in [6.45, 7) is 1.58. The zero-order chi connectivity index (χ0) is 26.0. The maximum absolute atomic E-state index is 8.49. The quantitative estimate of drug-likeness (QED) is 0.397. The predicted molar refractivity (Wildman–Crippen MR) is 138 cm³/mol. The van der Waals surface area contributed by atoms with E-state index in [0.29, 0.717) is 11.8 Å². The molecule has 0 saturated heterocycles. The van der Waals surface area contributed by atoms with Crippen LogP contribution in [0.2, 0.25) is 0 Å². The van der Waals surface area contributed by atoms with E-state index in [0.717, 1.165) is 18.8 Å². The molecule has 188 valence electrons. The first kappa shape index (κ1) is 28.4. The molecule has 2 aromatic carbocycles. The van der Waals surface area contributed by atoms with Gasteiger partial charge in [-0.2, -0.15) is 0 Å². The molecule has 0 amide bonds. The van der Waals surface area contributed by atoms with Crippen LogP contribution in [-0.4, -0.2) is 35.1 Å². The smallest absolute Gasteiger partial charge is 0.200 e. The molecule has 2 aromatic rings. The number of benzene rings is 2. The third-order valence-corrected chi connectivity index (χ3v) is 6.67. The Labute approximate surface area is 227 Å². The SMILES string of the molecule is ClCC[N+](CCCl)=C1C=CC(=C2C=C(c3ccccc3)SC(c3ccccc3)=C2)C=C1.[O-][Cl+3]([O-])([O-])[O-]. The zero-order valence-corrected chi connectivity index (χ0v) is 22.3. The van der Waals surface area contributed by atoms with E-state index in [-0.39, 0.29) is 0 Å². The van der Waals surface area contributed by atoms with E-state index in [9.17, 15) is 0 Å². The Morgan fingerprint density at radius 1 is 0.639 bits per heavy atom. The van der Waals surface area contributed by atoms with Gasteiger partial charge in [0.15, 0.2) is 18.8 Å². The molecule has 0 saturated carbocycles. The van der Waals surface area contributed by atoms with E-state index in [1.807, 2.05) is 11.8 Å². The van der Waals surface area contributed by atoms with Crippen molar-refractivity contribution >= 4 is 50.5 Å². The van der Waals surface area contributed by atoms with Gasteiger partial charge in [-0.1, -0.05) is 72.4 Å². The van der Waals surface area contributed by atoms with Crippen LogP contribution in [0, 0.1) is 10.2 Å². The number of rotatable bonds is 6. The molecule has 5 nitrogen and oxygen atoms in total. The number of nitrogens with zero attached hydrogens (tertiary/aromatic N) is 1. The van der Waals surface area contributed by atoms with Crippen molar-refractivity contribution in [1.82, 2.24) is 0 Å². The highest BCUT2D eigenvalue weighted by Crippen LogP contribution is 2.44. The first-order valence-electron chi connectivity index (χ1n) is 11.0. The van der Waals surface area contributed by atoms with Gasteiger partial charge in [-0.05, 0) is 46.6 Å². The molecule has 0 atom stereocenters. The Balaban J connectivity index is 0.000000658. The minimum Gasteiger partial charge on any atom is -0.227 e. The number of allylic oxidation sites excluding steroid dienone is 8. The molecule has 4 rings (SSSR count). The fourth-order valence-electron chi connectivity index (χ4n) is 3.60. The van der Waals surface area contributed by atoms with Gasteiger partial charge >= 0.3 is 0 Å². The largest absolute Gasteiger partial charge is 0.227 e. The minimum atomic E-state index is -4.94. The molecule has 0 N–H and O–H groups in total. The van der Waals surface area contributed by atoms with E-state index in [2.05, 4.69) is 102 Å². The van der Waals surface area contributed by atoms with Gasteiger partial charge in [-0.25, -0.2) is 23.2 Å². The average Bonchev–Trinajstić information content (AvgIpc) is 2.88. The predicted octanol–water partition coefficient (Wildman–Crippen LogP) is 2.41. The van der Waals surface area contributed by atoms with Crippen LogP contribution in [-0.2, 0) is 0 Å². The number of alkyl halides is 2. The second-order valence-electron chi connectivity index (χ2n) is 7.60. The molecule has 1 heterocycles. The summed E-state index contributed by atoms with van der Waals surface area (Å²) in [7, 11) is -4.94. The van der Waals surface area contributed by atoms with Crippen LogP contribution in [0.5, 0.6) is 0 Å². The first-order chi connectivity index (χ1) is 17.3. The fraction of sp³-hybridized carbons (Fsp3) is 0.148. The highest BCUT2D eigenvalue weighted by molar-refractivity contribution is 8.16. The van der Waals surface area contributed by atoms with Gasteiger partial charge in [-0.3, -0.25) is 0 Å². The lowest BCUT2D eigenvalue weighted by Gasteiger charge is -2.19. The van der Waals surface area contributed by atoms with Crippen molar-refractivity contribution in [2.45, 2.75) is 0 Å². The lowest BCUT2D eigenvalue weighted by Crippen LogP contribution is -2.68. The molecule has 1 aliphatic heterocycles. The first-order valence-corrected chi connectivity index (χ1v) is 14.1. The Kier molecular flexibility index (Phi) is 11.0. The van der Waals surface area contributed by atoms with Crippen LogP contribution in [0.4, 0.5) is 0 Å². The number of hydrogen-bond acceptors (Lipinski definition) is 5. The maximum Gasteiger partial charge on any atom is 0.200 e. The van der Waals surface area contributed by atoms with Crippen molar-refractivity contribution in [2.24, 2.45) is 0 Å². The van der Waals surface area contributed by atoms with Crippen LogP contribution >= 0.6 is 35.0 Å². The van der Waals surface area contributed by atoms with Gasteiger partial charge in [-0.15, -0.1) is 33.4 Å². The molecule has 0 fully saturated rings. The topological polar surface area (TPSA) is 95.2 Å². The Morgan fingerprint density at radius 2 is 1.06 bits per heavy atom. The van der Waals surface area contributed by atoms with Gasteiger partial charge in [0.2, 0.25) is 0 Å². The summed E-state index contributed by atoms with van der Waals surface area (Å²) < 4.78 is 36.2. The number of hydrogen-bond donors (Lipinski definition) is 0. The second kappa shape index (κ2) is 14.0. The highest BCUT2D eigenvalue weighted by Gasteiger charge is 2.17. The number of halogens is 3. The molecule has 9 heteroatoms. The van der Waals surface area contributed by atoms with Gasteiger partial charge in [0.25, 0.3) is 0 Å². The van der Waals surface area contributed by atoms with Crippen LogP contribution in [0.25, 0.3) is 9.81 Å². The lowest BCUT2D eigenvalue weighted by molar-refractivity contribution is -2.00. The van der Waals surface area contributed by atoms with E-state index >= 15 is 0 Å². The molecule has 0 aromatic heterocycles. The van der Waals surface area contributed by atoms with Crippen molar-refractivity contribution in [3.05, 3.63) is 119 Å². The molecule has 1 aliphatic carbocycles. The summed E-state index contributed by atoms with van der Waals surface area (Å²) in [5.74, 6) is 1.17. The Morgan fingerprint density at radius 3 is 1.44 bits per heavy atom. The highest BCUT2D eigenvalue weighted by atomic mass is 35.7. The summed E-state index contributed by atoms with van der Waals surface area (Å²) >= 11 is 13.8. The molecule has 2 aliphatic rings. The van der Waals surface area contributed by atoms with E-state index in [4.69, 9.17) is 41.8 Å². The van der Waals surface area contributed by atoms with Crippen LogP contribution < -0.4 is 18.6 Å². The van der Waals surface area contributed by atoms with E-state index in [1.165, 1.54) is 32.1 Å². The number of thioether (sulfide) groups is 1. The Bertz CT molecular complexity index is 1130. The summed E-state index contributed by atoms with van der Waals surface area (Å²) in [4.78, 5) is 2.51. The van der Waals surface area contributed by atoms with Crippen LogP contribution in [0.15, 0.2) is 108 Å². The summed E-state index contributed by atoms with van der Waals surface area (Å²) in [6.07, 6.45) is 13.3. The van der Waals surface area contributed by atoms with E-state index < -0.39 is 10.2 Å². The van der Waals surface area contributed by atoms with E-state index in [1.54, 1.807) is 0 Å². The van der Waals surface area contributed by atoms with Crippen LogP contribution in [0.1, 0.15) is 11.1 Å². The molecular formula is C27H24Cl3NO4S. The molecule has 0 bridgehead atoms. The monoisotopic (exact) mass is 563 g/mol. The zero-order valence-electron chi connectivity index (χ0n) is 19.2. The van der Waals surface area contributed by atoms with Crippen molar-refractivity contribution in [3.8, 4) is 0 Å². The normalized spacial score (nSPS) is 15.2. The van der Waals surface area contributed by atoms with Crippen molar-refractivity contribution in [1.29, 1.82) is 0 Å². The third kappa shape index (κ3) is 9.07. The van der Waals surface area contributed by atoms with Crippen molar-refractivity contribution in [3.63, 3.8) is 0 Å². The van der Waals surface area contributed by atoms with Crippen LogP contribution in [0.3, 0.4) is 0 Å². The molecular weight excluding hydrogens is 541 g/mol. The van der Waals surface area contributed by atoms with Crippen molar-refractivity contribution in [2.75, 3.05) is 24.8 Å². The molecule has 0 unspecified atom stereocenters. The second-order valence-corrected chi connectivity index (χ2v) is 10.2. The summed E-state index contributed by atoms with van der Waals surface area (Å²) in [5, 5.41) is 0. The third-order valence-electron chi connectivity index (χ3n) is 5.18. The molecule has 0 radical (unpaired) electrons. The molecule has 0 spiro atoms. The standard InChI is InChI=1S/C27H24Cl2NS.ClHO4/c28-15-17-30(18-16-29)25-13-11-21(12-14-25)24-19-26(22-7-3-1-4-8-22)31-27(20-24)23-9-5-2-6-10-23;2-1(3,4)5/h1-14,19-20H,15-18H2;(H,2,3,4,5)/q+1;/p-1. The Hall–Kier alpha value is -2.13.